The lowest BCUT2D eigenvalue weighted by atomic mass is 9.81. The molecule has 3 aromatic carbocycles. The third kappa shape index (κ3) is 2.43. The van der Waals surface area contributed by atoms with Crippen LogP contribution < -0.4 is 0 Å². The minimum atomic E-state index is 0.0632. The molecule has 0 radical (unpaired) electrons. The number of benzene rings is 3. The molecule has 0 saturated carbocycles. The highest BCUT2D eigenvalue weighted by molar-refractivity contribution is 5.83. The highest BCUT2D eigenvalue weighted by atomic mass is 14.4. The van der Waals surface area contributed by atoms with Gasteiger partial charge in [0.2, 0.25) is 0 Å². The molecule has 0 nitrogen and oxygen atoms in total. The molecule has 126 valence electrons. The highest BCUT2D eigenvalue weighted by Crippen LogP contribution is 2.49. The Morgan fingerprint density at radius 1 is 0.720 bits per heavy atom. The second kappa shape index (κ2) is 5.59. The van der Waals surface area contributed by atoms with E-state index in [2.05, 4.69) is 95.3 Å². The van der Waals surface area contributed by atoms with Gasteiger partial charge in [0.25, 0.3) is 0 Å². The molecule has 0 spiro atoms. The van der Waals surface area contributed by atoms with Crippen molar-refractivity contribution in [1.82, 2.24) is 0 Å². The van der Waals surface area contributed by atoms with Crippen molar-refractivity contribution in [3.63, 3.8) is 0 Å². The molecule has 0 N–H and O–H groups in total. The predicted molar refractivity (Wildman–Crippen MR) is 108 cm³/mol. The second-order valence-electron chi connectivity index (χ2n) is 8.16. The maximum absolute atomic E-state index is 2.41. The van der Waals surface area contributed by atoms with Crippen molar-refractivity contribution < 1.29 is 0 Å². The summed E-state index contributed by atoms with van der Waals surface area (Å²) in [7, 11) is 0. The van der Waals surface area contributed by atoms with E-state index in [4.69, 9.17) is 0 Å². The Balaban J connectivity index is 1.85. The fourth-order valence-corrected chi connectivity index (χ4v) is 4.24. The van der Waals surface area contributed by atoms with Gasteiger partial charge in [-0.25, -0.2) is 0 Å². The lowest BCUT2D eigenvalue weighted by molar-refractivity contribution is 0.660. The van der Waals surface area contributed by atoms with E-state index in [1.807, 2.05) is 0 Å². The van der Waals surface area contributed by atoms with E-state index in [0.717, 1.165) is 0 Å². The Morgan fingerprint density at radius 2 is 1.40 bits per heavy atom. The minimum Gasteiger partial charge on any atom is -0.0619 e. The third-order valence-corrected chi connectivity index (χ3v) is 5.81. The van der Waals surface area contributed by atoms with Crippen LogP contribution in [0, 0.1) is 6.92 Å². The van der Waals surface area contributed by atoms with Gasteiger partial charge in [-0.05, 0) is 63.4 Å². The van der Waals surface area contributed by atoms with E-state index in [1.54, 1.807) is 0 Å². The van der Waals surface area contributed by atoms with Gasteiger partial charge in [0, 0.05) is 5.41 Å². The summed E-state index contributed by atoms with van der Waals surface area (Å²) < 4.78 is 0. The molecular formula is C25H26. The number of rotatable bonds is 2. The Labute approximate surface area is 151 Å². The van der Waals surface area contributed by atoms with Crippen LogP contribution in [-0.4, -0.2) is 0 Å². The van der Waals surface area contributed by atoms with Crippen LogP contribution in [0.4, 0.5) is 0 Å². The molecule has 25 heavy (non-hydrogen) atoms. The zero-order chi connectivity index (χ0) is 17.8. The van der Waals surface area contributed by atoms with E-state index < -0.39 is 0 Å². The molecule has 1 aliphatic rings. The van der Waals surface area contributed by atoms with Crippen molar-refractivity contribution in [2.75, 3.05) is 0 Å². The Kier molecular flexibility index (Phi) is 3.61. The average Bonchev–Trinajstić information content (AvgIpc) is 2.83. The maximum Gasteiger partial charge on any atom is 0.0159 e. The van der Waals surface area contributed by atoms with Crippen LogP contribution in [0.3, 0.4) is 0 Å². The van der Waals surface area contributed by atoms with Crippen LogP contribution in [-0.2, 0) is 5.41 Å². The number of hydrogen-bond donors (Lipinski definition) is 0. The fourth-order valence-electron chi connectivity index (χ4n) is 4.24. The molecule has 0 atom stereocenters. The molecule has 0 heteroatoms. The summed E-state index contributed by atoms with van der Waals surface area (Å²) in [4.78, 5) is 0. The van der Waals surface area contributed by atoms with Gasteiger partial charge in [0.1, 0.15) is 0 Å². The van der Waals surface area contributed by atoms with Crippen molar-refractivity contribution in [3.05, 3.63) is 82.9 Å². The number of aryl methyl sites for hydroxylation is 1. The van der Waals surface area contributed by atoms with Crippen molar-refractivity contribution in [2.24, 2.45) is 0 Å². The van der Waals surface area contributed by atoms with Crippen LogP contribution in [0.2, 0.25) is 0 Å². The predicted octanol–water partition coefficient (Wildman–Crippen LogP) is 7.09. The SMILES string of the molecule is Cc1cc(C(C)C)ccc1-c1ccc2c(c1)C(C)(C)c1ccccc1-2. The monoisotopic (exact) mass is 326 g/mol. The molecule has 4 rings (SSSR count). The first kappa shape index (κ1) is 16.1. The summed E-state index contributed by atoms with van der Waals surface area (Å²) in [5.41, 5.74) is 11.2. The Morgan fingerprint density at radius 3 is 2.12 bits per heavy atom. The van der Waals surface area contributed by atoms with Crippen LogP contribution in [0.25, 0.3) is 22.3 Å². The molecule has 0 heterocycles. The van der Waals surface area contributed by atoms with Crippen LogP contribution in [0.1, 0.15) is 55.9 Å². The molecule has 0 aliphatic heterocycles. The van der Waals surface area contributed by atoms with E-state index in [9.17, 15) is 0 Å². The van der Waals surface area contributed by atoms with E-state index in [0.29, 0.717) is 5.92 Å². The molecule has 0 saturated heterocycles. The topological polar surface area (TPSA) is 0 Å². The minimum absolute atomic E-state index is 0.0632. The molecule has 3 aromatic rings. The summed E-state index contributed by atoms with van der Waals surface area (Å²) in [5, 5.41) is 0. The van der Waals surface area contributed by atoms with Gasteiger partial charge < -0.3 is 0 Å². The summed E-state index contributed by atoms with van der Waals surface area (Å²) in [6, 6.07) is 22.8. The van der Waals surface area contributed by atoms with Gasteiger partial charge in [-0.2, -0.15) is 0 Å². The van der Waals surface area contributed by atoms with Gasteiger partial charge in [-0.3, -0.25) is 0 Å². The smallest absolute Gasteiger partial charge is 0.0159 e. The van der Waals surface area contributed by atoms with E-state index in [-0.39, 0.29) is 5.41 Å². The van der Waals surface area contributed by atoms with Crippen molar-refractivity contribution in [1.29, 1.82) is 0 Å². The Bertz CT molecular complexity index is 958. The zero-order valence-corrected chi connectivity index (χ0v) is 15.9. The molecular weight excluding hydrogens is 300 g/mol. The van der Waals surface area contributed by atoms with Gasteiger partial charge in [0.05, 0.1) is 0 Å². The highest BCUT2D eigenvalue weighted by Gasteiger charge is 2.35. The molecule has 1 aliphatic carbocycles. The first-order valence-corrected chi connectivity index (χ1v) is 9.25. The van der Waals surface area contributed by atoms with Gasteiger partial charge in [-0.1, -0.05) is 82.3 Å². The van der Waals surface area contributed by atoms with Crippen molar-refractivity contribution in [3.8, 4) is 22.3 Å². The van der Waals surface area contributed by atoms with Crippen LogP contribution >= 0.6 is 0 Å². The second-order valence-corrected chi connectivity index (χ2v) is 8.16. The fraction of sp³-hybridized carbons (Fsp3) is 0.280. The summed E-state index contributed by atoms with van der Waals surface area (Å²) >= 11 is 0. The van der Waals surface area contributed by atoms with Crippen LogP contribution in [0.15, 0.2) is 60.7 Å². The maximum atomic E-state index is 2.41. The molecule has 0 unspecified atom stereocenters. The lowest BCUT2D eigenvalue weighted by Crippen LogP contribution is -2.14. The summed E-state index contributed by atoms with van der Waals surface area (Å²) in [6.45, 7) is 11.4. The summed E-state index contributed by atoms with van der Waals surface area (Å²) in [6.07, 6.45) is 0. The molecule has 0 amide bonds. The van der Waals surface area contributed by atoms with Gasteiger partial charge in [-0.15, -0.1) is 0 Å². The van der Waals surface area contributed by atoms with Crippen LogP contribution in [0.5, 0.6) is 0 Å². The first-order valence-electron chi connectivity index (χ1n) is 9.25. The Hall–Kier alpha value is -2.34. The van der Waals surface area contributed by atoms with E-state index in [1.165, 1.54) is 44.5 Å². The van der Waals surface area contributed by atoms with Gasteiger partial charge >= 0.3 is 0 Å². The summed E-state index contributed by atoms with van der Waals surface area (Å²) in [5.74, 6) is 0.571. The third-order valence-electron chi connectivity index (χ3n) is 5.81. The van der Waals surface area contributed by atoms with E-state index >= 15 is 0 Å². The van der Waals surface area contributed by atoms with Crippen molar-refractivity contribution in [2.45, 2.75) is 46.0 Å². The van der Waals surface area contributed by atoms with Crippen molar-refractivity contribution >= 4 is 0 Å². The lowest BCUT2D eigenvalue weighted by Gasteiger charge is -2.22. The zero-order valence-electron chi connectivity index (χ0n) is 15.9. The molecule has 0 fully saturated rings. The largest absolute Gasteiger partial charge is 0.0619 e. The number of fused-ring (bicyclic) bond motifs is 3. The normalized spacial score (nSPS) is 14.5. The average molecular weight is 326 g/mol. The first-order chi connectivity index (χ1) is 11.9. The quantitative estimate of drug-likeness (QED) is 0.471. The van der Waals surface area contributed by atoms with Gasteiger partial charge in [0.15, 0.2) is 0 Å². The standard InChI is InChI=1S/C25H26/c1-16(2)18-10-12-20(17(3)14-18)19-11-13-22-21-8-6-7-9-23(21)25(4,5)24(22)15-19/h6-16H,1-5H3. The molecule has 0 aromatic heterocycles. The number of hydrogen-bond acceptors (Lipinski definition) is 0. The molecule has 0 bridgehead atoms.